The molecule has 5 nitrogen and oxygen atoms in total. The normalized spacial score (nSPS) is 27.6. The molecule has 2 aliphatic heterocycles. The maximum absolute atomic E-state index is 13.3. The van der Waals surface area contributed by atoms with Crippen molar-refractivity contribution in [2.24, 2.45) is 5.41 Å². The molecule has 1 N–H and O–H groups in total. The number of piperazine rings is 1. The van der Waals surface area contributed by atoms with Crippen molar-refractivity contribution in [3.8, 4) is 6.07 Å². The van der Waals surface area contributed by atoms with Crippen molar-refractivity contribution in [3.05, 3.63) is 0 Å². The van der Waals surface area contributed by atoms with Gasteiger partial charge in [0.15, 0.2) is 5.41 Å². The minimum Gasteiger partial charge on any atom is -0.339 e. The van der Waals surface area contributed by atoms with E-state index in [9.17, 15) is 18.0 Å². The minimum absolute atomic E-state index is 0.190. The molecule has 1 atom stereocenters. The number of nitrogens with one attached hydrogen (secondary N) is 1. The third-order valence-corrected chi connectivity index (χ3v) is 4.31. The Morgan fingerprint density at radius 2 is 1.95 bits per heavy atom. The molecular formula is C13H19F3N4O. The Hall–Kier alpha value is -1.33. The molecule has 2 aliphatic rings. The third kappa shape index (κ3) is 3.14. The zero-order chi connectivity index (χ0) is 15.5. The predicted octanol–water partition coefficient (Wildman–Crippen LogP) is 0.586. The van der Waals surface area contributed by atoms with Crippen LogP contribution in [0.1, 0.15) is 12.8 Å². The van der Waals surface area contributed by atoms with E-state index in [1.54, 1.807) is 0 Å². The summed E-state index contributed by atoms with van der Waals surface area (Å²) in [4.78, 5) is 15.7. The number of halogens is 3. The SMILES string of the molecule is N#CCCN1CCN(C(=O)C2(C(F)(F)F)CCNC2)CC1. The Morgan fingerprint density at radius 1 is 1.29 bits per heavy atom. The lowest BCUT2D eigenvalue weighted by Crippen LogP contribution is -2.58. The maximum atomic E-state index is 13.3. The topological polar surface area (TPSA) is 59.4 Å². The molecule has 0 aliphatic carbocycles. The van der Waals surface area contributed by atoms with Crippen molar-refractivity contribution < 1.29 is 18.0 Å². The number of alkyl halides is 3. The monoisotopic (exact) mass is 304 g/mol. The summed E-state index contributed by atoms with van der Waals surface area (Å²) in [7, 11) is 0. The van der Waals surface area contributed by atoms with Crippen molar-refractivity contribution in [3.63, 3.8) is 0 Å². The standard InChI is InChI=1S/C13H19F3N4O/c14-13(15,16)12(2-4-18-10-12)11(21)20-8-6-19(7-9-20)5-1-3-17/h18H,1-2,4-10H2. The Labute approximate surface area is 121 Å². The van der Waals surface area contributed by atoms with E-state index in [2.05, 4.69) is 5.32 Å². The summed E-state index contributed by atoms with van der Waals surface area (Å²) in [5, 5.41) is 11.2. The lowest BCUT2D eigenvalue weighted by Gasteiger charge is -2.40. The van der Waals surface area contributed by atoms with Crippen LogP contribution in [-0.2, 0) is 4.79 Å². The van der Waals surface area contributed by atoms with Gasteiger partial charge in [-0.2, -0.15) is 18.4 Å². The van der Waals surface area contributed by atoms with Crippen LogP contribution in [0.3, 0.4) is 0 Å². The summed E-state index contributed by atoms with van der Waals surface area (Å²) in [5.74, 6) is -0.806. The summed E-state index contributed by atoms with van der Waals surface area (Å²) in [6.45, 7) is 2.12. The lowest BCUT2D eigenvalue weighted by atomic mass is 9.84. The molecule has 0 aromatic rings. The molecule has 8 heteroatoms. The number of hydrogen-bond donors (Lipinski definition) is 1. The molecule has 0 radical (unpaired) electrons. The average Bonchev–Trinajstić information content (AvgIpc) is 2.95. The molecule has 0 saturated carbocycles. The summed E-state index contributed by atoms with van der Waals surface area (Å²) >= 11 is 0. The number of rotatable bonds is 3. The van der Waals surface area contributed by atoms with E-state index in [0.717, 1.165) is 0 Å². The first-order valence-electron chi connectivity index (χ1n) is 7.07. The van der Waals surface area contributed by atoms with Gasteiger partial charge >= 0.3 is 6.18 Å². The van der Waals surface area contributed by atoms with Crippen LogP contribution in [0.2, 0.25) is 0 Å². The molecule has 2 saturated heterocycles. The van der Waals surface area contributed by atoms with Gasteiger partial charge in [0.2, 0.25) is 5.91 Å². The Morgan fingerprint density at radius 3 is 2.43 bits per heavy atom. The van der Waals surface area contributed by atoms with Crippen molar-refractivity contribution in [1.82, 2.24) is 15.1 Å². The van der Waals surface area contributed by atoms with E-state index in [-0.39, 0.29) is 19.5 Å². The fourth-order valence-corrected chi connectivity index (χ4v) is 2.92. The first kappa shape index (κ1) is 16.0. The van der Waals surface area contributed by atoms with E-state index in [4.69, 9.17) is 5.26 Å². The van der Waals surface area contributed by atoms with Crippen LogP contribution in [0.5, 0.6) is 0 Å². The molecule has 1 unspecified atom stereocenters. The number of hydrogen-bond acceptors (Lipinski definition) is 4. The van der Waals surface area contributed by atoms with Gasteiger partial charge < -0.3 is 10.2 Å². The van der Waals surface area contributed by atoms with E-state index in [1.807, 2.05) is 11.0 Å². The Kier molecular flexibility index (Phi) is 4.74. The van der Waals surface area contributed by atoms with Crippen molar-refractivity contribution >= 4 is 5.91 Å². The molecule has 0 bridgehead atoms. The third-order valence-electron chi connectivity index (χ3n) is 4.31. The van der Waals surface area contributed by atoms with Gasteiger partial charge in [-0.25, -0.2) is 0 Å². The van der Waals surface area contributed by atoms with Crippen LogP contribution in [-0.4, -0.2) is 67.7 Å². The zero-order valence-corrected chi connectivity index (χ0v) is 11.7. The van der Waals surface area contributed by atoms with Gasteiger partial charge in [-0.1, -0.05) is 0 Å². The highest BCUT2D eigenvalue weighted by Crippen LogP contribution is 2.44. The van der Waals surface area contributed by atoms with Crippen molar-refractivity contribution in [2.45, 2.75) is 19.0 Å². The Bertz CT molecular complexity index is 418. The second kappa shape index (κ2) is 6.20. The molecule has 0 spiro atoms. The lowest BCUT2D eigenvalue weighted by molar-refractivity contribution is -0.222. The fraction of sp³-hybridized carbons (Fsp3) is 0.846. The Balaban J connectivity index is 1.99. The van der Waals surface area contributed by atoms with E-state index in [0.29, 0.717) is 39.1 Å². The maximum Gasteiger partial charge on any atom is 0.404 e. The molecule has 2 fully saturated rings. The largest absolute Gasteiger partial charge is 0.404 e. The average molecular weight is 304 g/mol. The van der Waals surface area contributed by atoms with Gasteiger partial charge in [0, 0.05) is 45.7 Å². The number of carbonyl (C=O) groups excluding carboxylic acids is 1. The molecule has 1 amide bonds. The molecule has 0 aromatic carbocycles. The smallest absolute Gasteiger partial charge is 0.339 e. The minimum atomic E-state index is -4.52. The number of nitrogens with zero attached hydrogens (tertiary/aromatic N) is 3. The highest BCUT2D eigenvalue weighted by Gasteiger charge is 2.62. The van der Waals surface area contributed by atoms with Crippen LogP contribution >= 0.6 is 0 Å². The van der Waals surface area contributed by atoms with Gasteiger partial charge in [0.25, 0.3) is 0 Å². The summed E-state index contributed by atoms with van der Waals surface area (Å²) < 4.78 is 40.0. The summed E-state index contributed by atoms with van der Waals surface area (Å²) in [6.07, 6.45) is -4.32. The number of carbonyl (C=O) groups is 1. The van der Waals surface area contributed by atoms with Gasteiger partial charge in [-0.15, -0.1) is 0 Å². The van der Waals surface area contributed by atoms with Crippen LogP contribution in [0.4, 0.5) is 13.2 Å². The van der Waals surface area contributed by atoms with Crippen molar-refractivity contribution in [1.29, 1.82) is 5.26 Å². The fourth-order valence-electron chi connectivity index (χ4n) is 2.92. The predicted molar refractivity (Wildman–Crippen MR) is 69.2 cm³/mol. The number of amides is 1. The summed E-state index contributed by atoms with van der Waals surface area (Å²) in [6, 6.07) is 2.04. The highest BCUT2D eigenvalue weighted by atomic mass is 19.4. The first-order valence-corrected chi connectivity index (χ1v) is 7.07. The highest BCUT2D eigenvalue weighted by molar-refractivity contribution is 5.84. The zero-order valence-electron chi connectivity index (χ0n) is 11.7. The second-order valence-corrected chi connectivity index (χ2v) is 5.55. The number of nitriles is 1. The van der Waals surface area contributed by atoms with E-state index >= 15 is 0 Å². The molecule has 2 heterocycles. The molecule has 21 heavy (non-hydrogen) atoms. The molecule has 0 aromatic heterocycles. The van der Waals surface area contributed by atoms with Gasteiger partial charge in [-0.3, -0.25) is 9.69 Å². The van der Waals surface area contributed by atoms with Crippen LogP contribution in [0.25, 0.3) is 0 Å². The van der Waals surface area contributed by atoms with Gasteiger partial charge in [0.05, 0.1) is 6.07 Å². The quantitative estimate of drug-likeness (QED) is 0.829. The van der Waals surface area contributed by atoms with Gasteiger partial charge in [0.1, 0.15) is 0 Å². The van der Waals surface area contributed by atoms with Crippen LogP contribution < -0.4 is 5.32 Å². The molecule has 2 rings (SSSR count). The van der Waals surface area contributed by atoms with Crippen LogP contribution in [0, 0.1) is 16.7 Å². The van der Waals surface area contributed by atoms with Crippen molar-refractivity contribution in [2.75, 3.05) is 45.8 Å². The first-order chi connectivity index (χ1) is 9.90. The van der Waals surface area contributed by atoms with Gasteiger partial charge in [-0.05, 0) is 13.0 Å². The summed E-state index contributed by atoms with van der Waals surface area (Å²) in [5.41, 5.74) is -2.26. The second-order valence-electron chi connectivity index (χ2n) is 5.55. The van der Waals surface area contributed by atoms with Crippen LogP contribution in [0.15, 0.2) is 0 Å². The molecular weight excluding hydrogens is 285 g/mol. The van der Waals surface area contributed by atoms with E-state index < -0.39 is 17.5 Å². The van der Waals surface area contributed by atoms with E-state index in [1.165, 1.54) is 4.90 Å². The molecule has 118 valence electrons.